The lowest BCUT2D eigenvalue weighted by Crippen LogP contribution is -2.27. The molecule has 0 atom stereocenters. The molecule has 0 bridgehead atoms. The molecule has 0 spiro atoms. The van der Waals surface area contributed by atoms with Gasteiger partial charge in [-0.2, -0.15) is 0 Å². The molecule has 3 nitrogen and oxygen atoms in total. The van der Waals surface area contributed by atoms with Crippen LogP contribution in [0.1, 0.15) is 31.4 Å². The first-order chi connectivity index (χ1) is 8.54. The third kappa shape index (κ3) is 2.56. The second-order valence-corrected chi connectivity index (χ2v) is 5.36. The van der Waals surface area contributed by atoms with Gasteiger partial charge in [0.1, 0.15) is 0 Å². The maximum Gasteiger partial charge on any atom is 0.341 e. The average molecular weight is 266 g/mol. The predicted molar refractivity (Wildman–Crippen MR) is 71.9 cm³/mol. The van der Waals surface area contributed by atoms with Gasteiger partial charge in [0.25, 0.3) is 0 Å². The van der Waals surface area contributed by atoms with Gasteiger partial charge in [-0.05, 0) is 32.3 Å². The number of benzene rings is 1. The van der Waals surface area contributed by atoms with E-state index >= 15 is 0 Å². The summed E-state index contributed by atoms with van der Waals surface area (Å²) in [6.07, 6.45) is 1.76. The van der Waals surface area contributed by atoms with Crippen molar-refractivity contribution in [1.29, 1.82) is 0 Å². The third-order valence-corrected chi connectivity index (χ3v) is 3.75. The second-order valence-electron chi connectivity index (χ2n) is 5.09. The van der Waals surface area contributed by atoms with Crippen LogP contribution >= 0.6 is 11.6 Å². The Morgan fingerprint density at radius 2 is 2.11 bits per heavy atom. The molecule has 1 aromatic carbocycles. The minimum atomic E-state index is -0.705. The molecule has 0 N–H and O–H groups in total. The fourth-order valence-electron chi connectivity index (χ4n) is 1.78. The fourth-order valence-corrected chi connectivity index (χ4v) is 1.89. The van der Waals surface area contributed by atoms with Crippen molar-refractivity contribution in [1.82, 2.24) is 0 Å². The quantitative estimate of drug-likeness (QED) is 0.478. The topological polar surface area (TPSA) is 38.7 Å². The Labute approximate surface area is 112 Å². The Morgan fingerprint density at radius 1 is 1.39 bits per heavy atom. The summed E-state index contributed by atoms with van der Waals surface area (Å²) in [5.74, 6) is -0.179. The molecule has 0 unspecified atom stereocenters. The number of carbonyl (C=O) groups is 1. The minimum Gasteiger partial charge on any atom is -0.317 e. The number of aryl methyl sites for hydroxylation is 1. The highest BCUT2D eigenvalue weighted by atomic mass is 35.5. The van der Waals surface area contributed by atoms with E-state index in [2.05, 4.69) is 11.2 Å². The lowest BCUT2D eigenvalue weighted by molar-refractivity contribution is -0.152. The predicted octanol–water partition coefficient (Wildman–Crippen LogP) is 3.15. The van der Waals surface area contributed by atoms with Gasteiger partial charge in [0.15, 0.2) is 0 Å². The molecule has 1 aliphatic carbocycles. The van der Waals surface area contributed by atoms with Gasteiger partial charge in [0.2, 0.25) is 0 Å². The van der Waals surface area contributed by atoms with E-state index in [1.807, 2.05) is 18.2 Å². The Kier molecular flexibility index (Phi) is 3.71. The Balaban J connectivity index is 2.11. The minimum absolute atomic E-state index is 0.216. The molecular formula is C14H16ClNO2. The first kappa shape index (κ1) is 13.1. The van der Waals surface area contributed by atoms with E-state index in [1.54, 1.807) is 13.8 Å². The van der Waals surface area contributed by atoms with E-state index in [-0.39, 0.29) is 5.88 Å². The Hall–Kier alpha value is -1.35. The highest BCUT2D eigenvalue weighted by Crippen LogP contribution is 2.23. The number of rotatable bonds is 3. The second kappa shape index (κ2) is 5.11. The van der Waals surface area contributed by atoms with E-state index in [0.717, 1.165) is 24.1 Å². The highest BCUT2D eigenvalue weighted by molar-refractivity contribution is 6.19. The maximum atomic E-state index is 11.8. The van der Waals surface area contributed by atoms with E-state index in [9.17, 15) is 4.79 Å². The fraction of sp³-hybridized carbons (Fsp3) is 0.429. The molecule has 0 radical (unpaired) electrons. The van der Waals surface area contributed by atoms with Crippen molar-refractivity contribution in [2.24, 2.45) is 10.6 Å². The number of alkyl halides is 1. The molecule has 0 saturated heterocycles. The van der Waals surface area contributed by atoms with Crippen LogP contribution < -0.4 is 0 Å². The van der Waals surface area contributed by atoms with Gasteiger partial charge in [-0.3, -0.25) is 0 Å². The van der Waals surface area contributed by atoms with Crippen LogP contribution in [-0.2, 0) is 16.1 Å². The van der Waals surface area contributed by atoms with Gasteiger partial charge in [-0.25, -0.2) is 4.79 Å². The number of hydrogen-bond acceptors (Lipinski definition) is 3. The zero-order valence-corrected chi connectivity index (χ0v) is 11.3. The molecule has 1 aliphatic rings. The first-order valence-corrected chi connectivity index (χ1v) is 6.50. The summed E-state index contributed by atoms with van der Waals surface area (Å²) in [6, 6.07) is 8.04. The van der Waals surface area contributed by atoms with Gasteiger partial charge in [-0.1, -0.05) is 29.4 Å². The van der Waals surface area contributed by atoms with Crippen molar-refractivity contribution in [2.75, 3.05) is 5.88 Å². The van der Waals surface area contributed by atoms with E-state index < -0.39 is 11.4 Å². The molecule has 0 heterocycles. The van der Waals surface area contributed by atoms with Crippen LogP contribution in [0, 0.1) is 5.41 Å². The monoisotopic (exact) mass is 265 g/mol. The number of oxime groups is 1. The van der Waals surface area contributed by atoms with Crippen LogP contribution in [0.2, 0.25) is 0 Å². The number of hydrogen-bond donors (Lipinski definition) is 0. The van der Waals surface area contributed by atoms with Crippen LogP contribution in [0.5, 0.6) is 0 Å². The molecule has 4 heteroatoms. The van der Waals surface area contributed by atoms with Crippen LogP contribution in [-0.4, -0.2) is 17.6 Å². The molecule has 0 aliphatic heterocycles. The molecule has 96 valence electrons. The average Bonchev–Trinajstić information content (AvgIpc) is 2.79. The number of halogens is 1. The number of carbonyl (C=O) groups excluding carboxylic acids is 1. The lowest BCUT2D eigenvalue weighted by Gasteiger charge is -2.16. The zero-order valence-electron chi connectivity index (χ0n) is 10.6. The molecular weight excluding hydrogens is 250 g/mol. The van der Waals surface area contributed by atoms with Gasteiger partial charge in [-0.15, -0.1) is 11.6 Å². The van der Waals surface area contributed by atoms with E-state index in [4.69, 9.17) is 16.4 Å². The van der Waals surface area contributed by atoms with Crippen molar-refractivity contribution in [3.05, 3.63) is 35.4 Å². The molecule has 2 rings (SSSR count). The van der Waals surface area contributed by atoms with E-state index in [0.29, 0.717) is 0 Å². The Morgan fingerprint density at radius 3 is 2.83 bits per heavy atom. The summed E-state index contributed by atoms with van der Waals surface area (Å²) in [5.41, 5.74) is 2.46. The molecule has 0 amide bonds. The van der Waals surface area contributed by atoms with Crippen LogP contribution in [0.3, 0.4) is 0 Å². The van der Waals surface area contributed by atoms with E-state index in [1.165, 1.54) is 5.56 Å². The van der Waals surface area contributed by atoms with Crippen molar-refractivity contribution >= 4 is 23.3 Å². The van der Waals surface area contributed by atoms with Crippen molar-refractivity contribution in [3.8, 4) is 0 Å². The summed E-state index contributed by atoms with van der Waals surface area (Å²) < 4.78 is 0. The zero-order chi connectivity index (χ0) is 13.2. The van der Waals surface area contributed by atoms with Crippen LogP contribution in [0.25, 0.3) is 0 Å². The lowest BCUT2D eigenvalue weighted by atomic mass is 9.97. The number of fused-ring (bicyclic) bond motifs is 1. The molecule has 0 aromatic heterocycles. The summed E-state index contributed by atoms with van der Waals surface area (Å²) in [5, 5.41) is 3.99. The summed E-state index contributed by atoms with van der Waals surface area (Å²) in [4.78, 5) is 16.8. The van der Waals surface area contributed by atoms with Crippen molar-refractivity contribution in [3.63, 3.8) is 0 Å². The van der Waals surface area contributed by atoms with Crippen LogP contribution in [0.4, 0.5) is 0 Å². The summed E-state index contributed by atoms with van der Waals surface area (Å²) in [6.45, 7) is 3.48. The van der Waals surface area contributed by atoms with Crippen molar-refractivity contribution < 1.29 is 9.63 Å². The van der Waals surface area contributed by atoms with Gasteiger partial charge in [0, 0.05) is 11.4 Å². The summed E-state index contributed by atoms with van der Waals surface area (Å²) in [7, 11) is 0. The molecule has 0 saturated carbocycles. The van der Waals surface area contributed by atoms with Crippen LogP contribution in [0.15, 0.2) is 29.4 Å². The van der Waals surface area contributed by atoms with Gasteiger partial charge < -0.3 is 4.84 Å². The first-order valence-electron chi connectivity index (χ1n) is 5.97. The SMILES string of the molecule is CC(C)(CCl)C(=O)O/N=C1/CCc2ccccc21. The molecule has 18 heavy (non-hydrogen) atoms. The van der Waals surface area contributed by atoms with Gasteiger partial charge in [0.05, 0.1) is 11.1 Å². The normalized spacial score (nSPS) is 16.7. The summed E-state index contributed by atoms with van der Waals surface area (Å²) >= 11 is 5.72. The molecule has 0 fully saturated rings. The standard InChI is InChI=1S/C14H16ClNO2/c1-14(2,9-15)13(17)18-16-12-8-7-10-5-3-4-6-11(10)12/h3-6H,7-9H2,1-2H3/b16-12-. The smallest absolute Gasteiger partial charge is 0.317 e. The highest BCUT2D eigenvalue weighted by Gasteiger charge is 2.29. The van der Waals surface area contributed by atoms with Crippen molar-refractivity contribution in [2.45, 2.75) is 26.7 Å². The Bertz CT molecular complexity index is 494. The number of nitrogens with zero attached hydrogens (tertiary/aromatic N) is 1. The molecule has 1 aromatic rings. The maximum absolute atomic E-state index is 11.8. The largest absolute Gasteiger partial charge is 0.341 e. The third-order valence-electron chi connectivity index (χ3n) is 3.08. The van der Waals surface area contributed by atoms with Gasteiger partial charge >= 0.3 is 5.97 Å².